The van der Waals surface area contributed by atoms with Gasteiger partial charge in [-0.3, -0.25) is 14.4 Å². The summed E-state index contributed by atoms with van der Waals surface area (Å²) in [5.74, 6) is -0.574. The maximum atomic E-state index is 12.4. The maximum Gasteiger partial charge on any atom is 0.308 e. The molecule has 0 spiro atoms. The van der Waals surface area contributed by atoms with Gasteiger partial charge in [0, 0.05) is 25.0 Å². The fraction of sp³-hybridized carbons (Fsp3) is 0.118. The van der Waals surface area contributed by atoms with Crippen molar-refractivity contribution in [2.75, 3.05) is 0 Å². The number of carbonyl (C=O) groups is 3. The molecule has 0 heterocycles. The van der Waals surface area contributed by atoms with E-state index in [1.807, 2.05) is 0 Å². The largest absolute Gasteiger partial charge is 0.427 e. The topological polar surface area (TPSA) is 69.7 Å². The molecular formula is C17H14O5. The van der Waals surface area contributed by atoms with Gasteiger partial charge in [-0.25, -0.2) is 0 Å². The molecule has 0 aliphatic heterocycles. The van der Waals surface area contributed by atoms with Crippen LogP contribution in [-0.2, 0) is 9.59 Å². The lowest BCUT2D eigenvalue weighted by molar-refractivity contribution is -0.132. The van der Waals surface area contributed by atoms with Crippen molar-refractivity contribution in [3.05, 3.63) is 59.7 Å². The highest BCUT2D eigenvalue weighted by Crippen LogP contribution is 2.20. The Morgan fingerprint density at radius 3 is 1.50 bits per heavy atom. The SMILES string of the molecule is CC(=O)Oc1cccc(C(=O)c2cccc(OC(C)=O)c2)c1. The molecule has 0 saturated carbocycles. The van der Waals surface area contributed by atoms with Crippen molar-refractivity contribution in [1.29, 1.82) is 0 Å². The van der Waals surface area contributed by atoms with Crippen LogP contribution in [-0.4, -0.2) is 17.7 Å². The van der Waals surface area contributed by atoms with E-state index in [9.17, 15) is 14.4 Å². The first-order valence-electron chi connectivity index (χ1n) is 6.57. The van der Waals surface area contributed by atoms with E-state index in [0.29, 0.717) is 22.6 Å². The molecule has 112 valence electrons. The van der Waals surface area contributed by atoms with Crippen molar-refractivity contribution in [3.8, 4) is 11.5 Å². The summed E-state index contributed by atoms with van der Waals surface area (Å²) in [5, 5.41) is 0. The summed E-state index contributed by atoms with van der Waals surface area (Å²) in [5.41, 5.74) is 0.748. The summed E-state index contributed by atoms with van der Waals surface area (Å²) in [7, 11) is 0. The maximum absolute atomic E-state index is 12.4. The number of esters is 2. The van der Waals surface area contributed by atoms with Crippen LogP contribution < -0.4 is 9.47 Å². The third kappa shape index (κ3) is 4.02. The van der Waals surface area contributed by atoms with E-state index >= 15 is 0 Å². The fourth-order valence-corrected chi connectivity index (χ4v) is 1.90. The van der Waals surface area contributed by atoms with Crippen LogP contribution in [0, 0.1) is 0 Å². The van der Waals surface area contributed by atoms with E-state index in [2.05, 4.69) is 0 Å². The molecule has 5 nitrogen and oxygen atoms in total. The molecule has 0 amide bonds. The Bertz CT molecular complexity index is 672. The van der Waals surface area contributed by atoms with Crippen LogP contribution >= 0.6 is 0 Å². The second kappa shape index (κ2) is 6.67. The van der Waals surface area contributed by atoms with Crippen molar-refractivity contribution in [1.82, 2.24) is 0 Å². The second-order valence-corrected chi connectivity index (χ2v) is 4.57. The molecule has 0 N–H and O–H groups in total. The minimum Gasteiger partial charge on any atom is -0.427 e. The first kappa shape index (κ1) is 15.4. The lowest BCUT2D eigenvalue weighted by Gasteiger charge is -2.06. The molecule has 0 aliphatic rings. The Labute approximate surface area is 127 Å². The normalized spacial score (nSPS) is 9.91. The summed E-state index contributed by atoms with van der Waals surface area (Å²) in [4.78, 5) is 34.4. The molecule has 0 radical (unpaired) electrons. The van der Waals surface area contributed by atoms with Crippen LogP contribution in [0.3, 0.4) is 0 Å². The number of rotatable bonds is 4. The number of hydrogen-bond donors (Lipinski definition) is 0. The number of carbonyl (C=O) groups excluding carboxylic acids is 3. The summed E-state index contributed by atoms with van der Waals surface area (Å²) >= 11 is 0. The zero-order chi connectivity index (χ0) is 16.1. The first-order valence-corrected chi connectivity index (χ1v) is 6.57. The van der Waals surface area contributed by atoms with E-state index < -0.39 is 11.9 Å². The molecule has 5 heteroatoms. The average Bonchev–Trinajstić information content (AvgIpc) is 2.45. The molecule has 0 unspecified atom stereocenters. The van der Waals surface area contributed by atoms with Gasteiger partial charge in [-0.05, 0) is 24.3 Å². The summed E-state index contributed by atoms with van der Waals surface area (Å²) in [6.07, 6.45) is 0. The minimum absolute atomic E-state index is 0.261. The van der Waals surface area contributed by atoms with Crippen molar-refractivity contribution in [2.45, 2.75) is 13.8 Å². The van der Waals surface area contributed by atoms with Gasteiger partial charge in [0.05, 0.1) is 0 Å². The molecule has 0 saturated heterocycles. The fourth-order valence-electron chi connectivity index (χ4n) is 1.90. The minimum atomic E-state index is -0.457. The van der Waals surface area contributed by atoms with Gasteiger partial charge in [0.25, 0.3) is 0 Å². The van der Waals surface area contributed by atoms with E-state index in [1.165, 1.54) is 26.0 Å². The second-order valence-electron chi connectivity index (χ2n) is 4.57. The molecule has 2 aromatic carbocycles. The summed E-state index contributed by atoms with van der Waals surface area (Å²) < 4.78 is 9.91. The molecule has 0 aromatic heterocycles. The number of ether oxygens (including phenoxy) is 2. The van der Waals surface area contributed by atoms with Crippen molar-refractivity contribution < 1.29 is 23.9 Å². The van der Waals surface area contributed by atoms with Gasteiger partial charge in [-0.15, -0.1) is 0 Å². The lowest BCUT2D eigenvalue weighted by Crippen LogP contribution is -2.06. The summed E-state index contributed by atoms with van der Waals surface area (Å²) in [6, 6.07) is 12.6. The highest BCUT2D eigenvalue weighted by Gasteiger charge is 2.12. The molecular weight excluding hydrogens is 284 g/mol. The average molecular weight is 298 g/mol. The van der Waals surface area contributed by atoms with Crippen molar-refractivity contribution in [3.63, 3.8) is 0 Å². The van der Waals surface area contributed by atoms with Crippen LogP contribution in [0.5, 0.6) is 11.5 Å². The van der Waals surface area contributed by atoms with Crippen LogP contribution in [0.1, 0.15) is 29.8 Å². The molecule has 0 atom stereocenters. The van der Waals surface area contributed by atoms with Gasteiger partial charge in [0.15, 0.2) is 5.78 Å². The van der Waals surface area contributed by atoms with Gasteiger partial charge < -0.3 is 9.47 Å². The standard InChI is InChI=1S/C17H14O5/c1-11(18)21-15-7-3-5-13(9-15)17(20)14-6-4-8-16(10-14)22-12(2)19/h3-10H,1-2H3. The molecule has 22 heavy (non-hydrogen) atoms. The highest BCUT2D eigenvalue weighted by molar-refractivity contribution is 6.09. The zero-order valence-corrected chi connectivity index (χ0v) is 12.2. The smallest absolute Gasteiger partial charge is 0.308 e. The third-order valence-corrected chi connectivity index (χ3v) is 2.72. The van der Waals surface area contributed by atoms with Crippen LogP contribution in [0.15, 0.2) is 48.5 Å². The van der Waals surface area contributed by atoms with Gasteiger partial charge >= 0.3 is 11.9 Å². The van der Waals surface area contributed by atoms with Crippen LogP contribution in [0.2, 0.25) is 0 Å². The molecule has 2 aromatic rings. The van der Waals surface area contributed by atoms with Crippen LogP contribution in [0.4, 0.5) is 0 Å². The number of ketones is 1. The Kier molecular flexibility index (Phi) is 4.68. The molecule has 2 rings (SSSR count). The van der Waals surface area contributed by atoms with E-state index in [0.717, 1.165) is 0 Å². The quantitative estimate of drug-likeness (QED) is 0.493. The first-order chi connectivity index (χ1) is 10.5. The molecule has 0 fully saturated rings. The highest BCUT2D eigenvalue weighted by atomic mass is 16.5. The monoisotopic (exact) mass is 298 g/mol. The van der Waals surface area contributed by atoms with Gasteiger partial charge in [0.2, 0.25) is 0 Å². The number of benzene rings is 2. The Balaban J connectivity index is 2.28. The zero-order valence-electron chi connectivity index (χ0n) is 12.2. The molecule has 0 aliphatic carbocycles. The van der Waals surface area contributed by atoms with Crippen molar-refractivity contribution >= 4 is 17.7 Å². The van der Waals surface area contributed by atoms with Crippen molar-refractivity contribution in [2.24, 2.45) is 0 Å². The van der Waals surface area contributed by atoms with E-state index in [1.54, 1.807) is 36.4 Å². The number of hydrogen-bond acceptors (Lipinski definition) is 5. The predicted molar refractivity (Wildman–Crippen MR) is 78.9 cm³/mol. The van der Waals surface area contributed by atoms with Gasteiger partial charge in [-0.2, -0.15) is 0 Å². The Morgan fingerprint density at radius 1 is 0.727 bits per heavy atom. The Hall–Kier alpha value is -2.95. The van der Waals surface area contributed by atoms with Gasteiger partial charge in [-0.1, -0.05) is 24.3 Å². The van der Waals surface area contributed by atoms with Crippen LogP contribution in [0.25, 0.3) is 0 Å². The predicted octanol–water partition coefficient (Wildman–Crippen LogP) is 2.77. The van der Waals surface area contributed by atoms with E-state index in [4.69, 9.17) is 9.47 Å². The Morgan fingerprint density at radius 2 is 1.14 bits per heavy atom. The summed E-state index contributed by atoms with van der Waals surface area (Å²) in [6.45, 7) is 2.58. The third-order valence-electron chi connectivity index (χ3n) is 2.72. The molecule has 0 bridgehead atoms. The van der Waals surface area contributed by atoms with E-state index in [-0.39, 0.29) is 5.78 Å². The van der Waals surface area contributed by atoms with Gasteiger partial charge in [0.1, 0.15) is 11.5 Å². The lowest BCUT2D eigenvalue weighted by atomic mass is 10.0.